The van der Waals surface area contributed by atoms with Gasteiger partial charge in [0, 0.05) is 25.2 Å². The van der Waals surface area contributed by atoms with Crippen LogP contribution in [0.2, 0.25) is 5.02 Å². The van der Waals surface area contributed by atoms with E-state index in [1.807, 2.05) is 29.2 Å². The van der Waals surface area contributed by atoms with E-state index in [0.717, 1.165) is 38.2 Å². The van der Waals surface area contributed by atoms with Crippen molar-refractivity contribution in [2.24, 2.45) is 0 Å². The summed E-state index contributed by atoms with van der Waals surface area (Å²) in [7, 11) is 2.08. The van der Waals surface area contributed by atoms with E-state index in [4.69, 9.17) is 16.0 Å². The molecule has 2 heterocycles. The van der Waals surface area contributed by atoms with E-state index in [9.17, 15) is 4.79 Å². The molecule has 0 saturated carbocycles. The molecule has 1 fully saturated rings. The first-order valence-electron chi connectivity index (χ1n) is 7.48. The van der Waals surface area contributed by atoms with Crippen LogP contribution >= 0.6 is 11.6 Å². The summed E-state index contributed by atoms with van der Waals surface area (Å²) in [5.74, 6) is 0.953. The minimum atomic E-state index is -0.0476. The first kappa shape index (κ1) is 15.1. The number of amides is 1. The highest BCUT2D eigenvalue weighted by Crippen LogP contribution is 2.29. The number of nitrogens with zero attached hydrogens (tertiary/aromatic N) is 2. The lowest BCUT2D eigenvalue weighted by Gasteiger charge is -2.19. The van der Waals surface area contributed by atoms with Gasteiger partial charge in [0.05, 0.1) is 5.02 Å². The molecule has 0 N–H and O–H groups in total. The molecule has 2 aromatic rings. The van der Waals surface area contributed by atoms with Gasteiger partial charge >= 0.3 is 0 Å². The van der Waals surface area contributed by atoms with Gasteiger partial charge in [0.2, 0.25) is 0 Å². The first-order chi connectivity index (χ1) is 10.6. The normalized spacial score (nSPS) is 16.5. The van der Waals surface area contributed by atoms with Crippen LogP contribution in [0.1, 0.15) is 17.0 Å². The zero-order valence-corrected chi connectivity index (χ0v) is 13.3. The highest BCUT2D eigenvalue weighted by Gasteiger charge is 2.22. The smallest absolute Gasteiger partial charge is 0.289 e. The average molecular weight is 319 g/mol. The third kappa shape index (κ3) is 3.18. The Hall–Kier alpha value is -1.78. The second-order valence-corrected chi connectivity index (χ2v) is 6.00. The molecule has 1 aromatic heterocycles. The molecule has 22 heavy (non-hydrogen) atoms. The van der Waals surface area contributed by atoms with Crippen molar-refractivity contribution in [3.05, 3.63) is 47.2 Å². The number of carbonyl (C=O) groups is 1. The van der Waals surface area contributed by atoms with Crippen molar-refractivity contribution in [2.75, 3.05) is 33.2 Å². The second-order valence-electron chi connectivity index (χ2n) is 5.59. The Morgan fingerprint density at radius 3 is 2.73 bits per heavy atom. The summed E-state index contributed by atoms with van der Waals surface area (Å²) in [6.07, 6.45) is 0.986. The summed E-state index contributed by atoms with van der Waals surface area (Å²) in [5, 5.41) is 0.618. The maximum absolute atomic E-state index is 12.6. The minimum absolute atomic E-state index is 0.0476. The number of halogens is 1. The summed E-state index contributed by atoms with van der Waals surface area (Å²) in [6, 6.07) is 11.0. The van der Waals surface area contributed by atoms with E-state index >= 15 is 0 Å². The van der Waals surface area contributed by atoms with Crippen LogP contribution in [0, 0.1) is 0 Å². The molecule has 0 unspecified atom stereocenters. The van der Waals surface area contributed by atoms with E-state index < -0.39 is 0 Å². The van der Waals surface area contributed by atoms with Crippen molar-refractivity contribution >= 4 is 17.5 Å². The predicted octanol–water partition coefficient (Wildman–Crippen LogP) is 3.38. The fourth-order valence-electron chi connectivity index (χ4n) is 2.66. The van der Waals surface area contributed by atoms with E-state index in [1.54, 1.807) is 12.1 Å². The summed E-state index contributed by atoms with van der Waals surface area (Å²) in [4.78, 5) is 16.7. The van der Waals surface area contributed by atoms with Gasteiger partial charge in [-0.05, 0) is 44.3 Å². The van der Waals surface area contributed by atoms with E-state index in [1.165, 1.54) is 0 Å². The number of carbonyl (C=O) groups excluding carboxylic acids is 1. The molecule has 0 bridgehead atoms. The lowest BCUT2D eigenvalue weighted by atomic mass is 10.2. The molecule has 0 aliphatic carbocycles. The van der Waals surface area contributed by atoms with Gasteiger partial charge in [0.1, 0.15) is 5.76 Å². The lowest BCUT2D eigenvalue weighted by molar-refractivity contribution is 0.0732. The molecule has 1 saturated heterocycles. The van der Waals surface area contributed by atoms with Crippen LogP contribution in [0.25, 0.3) is 11.3 Å². The van der Waals surface area contributed by atoms with E-state index in [2.05, 4.69) is 11.9 Å². The quantitative estimate of drug-likeness (QED) is 0.851. The van der Waals surface area contributed by atoms with Crippen LogP contribution in [0.4, 0.5) is 0 Å². The summed E-state index contributed by atoms with van der Waals surface area (Å²) >= 11 is 6.17. The van der Waals surface area contributed by atoms with Crippen molar-refractivity contribution < 1.29 is 9.21 Å². The zero-order chi connectivity index (χ0) is 15.5. The van der Waals surface area contributed by atoms with Crippen molar-refractivity contribution in [1.82, 2.24) is 9.80 Å². The average Bonchev–Trinajstić information content (AvgIpc) is 2.90. The van der Waals surface area contributed by atoms with Gasteiger partial charge in [-0.1, -0.05) is 23.7 Å². The molecule has 1 aromatic carbocycles. The number of hydrogen-bond acceptors (Lipinski definition) is 3. The fourth-order valence-corrected chi connectivity index (χ4v) is 2.89. The lowest BCUT2D eigenvalue weighted by Crippen LogP contribution is -2.34. The monoisotopic (exact) mass is 318 g/mol. The third-order valence-electron chi connectivity index (χ3n) is 3.96. The molecule has 0 atom stereocenters. The van der Waals surface area contributed by atoms with Crippen molar-refractivity contribution in [2.45, 2.75) is 6.42 Å². The van der Waals surface area contributed by atoms with Gasteiger partial charge in [-0.2, -0.15) is 0 Å². The van der Waals surface area contributed by atoms with Gasteiger partial charge in [0.25, 0.3) is 5.91 Å². The molecular formula is C17H19ClN2O2. The third-order valence-corrected chi connectivity index (χ3v) is 4.29. The number of likely N-dealkylation sites (N-methyl/N-ethyl adjacent to an activating group) is 1. The second kappa shape index (κ2) is 6.55. The molecule has 1 aliphatic heterocycles. The van der Waals surface area contributed by atoms with Crippen LogP contribution in [-0.4, -0.2) is 48.9 Å². The topological polar surface area (TPSA) is 36.7 Å². The number of rotatable bonds is 2. The van der Waals surface area contributed by atoms with Crippen LogP contribution in [0.5, 0.6) is 0 Å². The van der Waals surface area contributed by atoms with E-state index in [-0.39, 0.29) is 5.91 Å². The Kier molecular flexibility index (Phi) is 4.50. The van der Waals surface area contributed by atoms with Crippen molar-refractivity contribution in [3.8, 4) is 11.3 Å². The maximum atomic E-state index is 12.6. The summed E-state index contributed by atoms with van der Waals surface area (Å²) in [5.41, 5.74) is 0.804. The van der Waals surface area contributed by atoms with Gasteiger partial charge < -0.3 is 14.2 Å². The molecule has 0 radical (unpaired) electrons. The maximum Gasteiger partial charge on any atom is 0.289 e. The molecule has 1 aliphatic rings. The van der Waals surface area contributed by atoms with Crippen LogP contribution < -0.4 is 0 Å². The Labute approximate surface area is 135 Å². The summed E-state index contributed by atoms with van der Waals surface area (Å²) in [6.45, 7) is 3.42. The van der Waals surface area contributed by atoms with Crippen molar-refractivity contribution in [1.29, 1.82) is 0 Å². The Balaban J connectivity index is 1.78. The Morgan fingerprint density at radius 1 is 1.09 bits per heavy atom. The van der Waals surface area contributed by atoms with Crippen LogP contribution in [-0.2, 0) is 0 Å². The standard InChI is InChI=1S/C17H19ClN2O2/c1-19-9-4-10-20(12-11-19)17(21)16-8-7-15(22-16)13-5-2-3-6-14(13)18/h2-3,5-8H,4,9-12H2,1H3. The molecule has 3 rings (SSSR count). The number of furan rings is 1. The molecule has 5 heteroatoms. The van der Waals surface area contributed by atoms with Crippen LogP contribution in [0.3, 0.4) is 0 Å². The predicted molar refractivity (Wildman–Crippen MR) is 87.2 cm³/mol. The largest absolute Gasteiger partial charge is 0.451 e. The highest BCUT2D eigenvalue weighted by atomic mass is 35.5. The van der Waals surface area contributed by atoms with Gasteiger partial charge in [0.15, 0.2) is 5.76 Å². The van der Waals surface area contributed by atoms with Gasteiger partial charge in [-0.15, -0.1) is 0 Å². The Morgan fingerprint density at radius 2 is 1.91 bits per heavy atom. The molecule has 1 amide bonds. The van der Waals surface area contributed by atoms with Crippen molar-refractivity contribution in [3.63, 3.8) is 0 Å². The van der Waals surface area contributed by atoms with Crippen LogP contribution in [0.15, 0.2) is 40.8 Å². The summed E-state index contributed by atoms with van der Waals surface area (Å²) < 4.78 is 5.74. The van der Waals surface area contributed by atoms with Gasteiger partial charge in [-0.25, -0.2) is 0 Å². The fraction of sp³-hybridized carbons (Fsp3) is 0.353. The minimum Gasteiger partial charge on any atom is -0.451 e. The van der Waals surface area contributed by atoms with Gasteiger partial charge in [-0.3, -0.25) is 4.79 Å². The molecular weight excluding hydrogens is 300 g/mol. The first-order valence-corrected chi connectivity index (χ1v) is 7.85. The molecule has 116 valence electrons. The zero-order valence-electron chi connectivity index (χ0n) is 12.6. The highest BCUT2D eigenvalue weighted by molar-refractivity contribution is 6.33. The van der Waals surface area contributed by atoms with E-state index in [0.29, 0.717) is 16.5 Å². The number of hydrogen-bond donors (Lipinski definition) is 0. The number of benzene rings is 1. The Bertz CT molecular complexity index is 668. The molecule has 4 nitrogen and oxygen atoms in total. The SMILES string of the molecule is CN1CCCN(C(=O)c2ccc(-c3ccccc3Cl)o2)CC1. The molecule has 0 spiro atoms.